The van der Waals surface area contributed by atoms with Crippen molar-refractivity contribution < 1.29 is 27.5 Å². The van der Waals surface area contributed by atoms with Gasteiger partial charge in [-0.3, -0.25) is 14.9 Å². The Balaban J connectivity index is 2.49. The number of hydrogen-bond donors (Lipinski definition) is 1. The van der Waals surface area contributed by atoms with E-state index in [0.717, 1.165) is 0 Å². The lowest BCUT2D eigenvalue weighted by atomic mass is 10.2. The van der Waals surface area contributed by atoms with Gasteiger partial charge in [-0.15, -0.1) is 13.2 Å². The Morgan fingerprint density at radius 3 is 2.26 bits per heavy atom. The first kappa shape index (κ1) is 13.5. The van der Waals surface area contributed by atoms with E-state index in [0.29, 0.717) is 11.8 Å². The van der Waals surface area contributed by atoms with Crippen molar-refractivity contribution in [2.75, 3.05) is 0 Å². The van der Waals surface area contributed by atoms with Crippen molar-refractivity contribution in [3.05, 3.63) is 40.8 Å². The van der Waals surface area contributed by atoms with E-state index >= 15 is 0 Å². The fourth-order valence-corrected chi connectivity index (χ4v) is 2.13. The van der Waals surface area contributed by atoms with Crippen molar-refractivity contribution in [2.24, 2.45) is 0 Å². The summed E-state index contributed by atoms with van der Waals surface area (Å²) >= 11 is 0.372. The highest BCUT2D eigenvalue weighted by Crippen LogP contribution is 2.36. The summed E-state index contributed by atoms with van der Waals surface area (Å²) in [5.74, 6) is -1.58. The van der Waals surface area contributed by atoms with E-state index in [9.17, 15) is 22.8 Å². The number of ether oxygens (including phenoxy) is 1. The van der Waals surface area contributed by atoms with Crippen molar-refractivity contribution >= 4 is 28.7 Å². The number of alkyl halides is 3. The van der Waals surface area contributed by atoms with Crippen LogP contribution in [0.4, 0.5) is 18.0 Å². The number of imide groups is 1. The molecule has 1 heterocycles. The quantitative estimate of drug-likeness (QED) is 0.672. The number of carbonyl (C=O) groups excluding carboxylic acids is 2. The molecule has 0 radical (unpaired) electrons. The summed E-state index contributed by atoms with van der Waals surface area (Å²) in [4.78, 5) is 22.0. The predicted octanol–water partition coefficient (Wildman–Crippen LogP) is 2.87. The van der Waals surface area contributed by atoms with Gasteiger partial charge in [-0.05, 0) is 11.8 Å². The Hall–Kier alpha value is -1.96. The van der Waals surface area contributed by atoms with Gasteiger partial charge in [0.25, 0.3) is 11.1 Å². The molecule has 0 spiro atoms. The van der Waals surface area contributed by atoms with Crippen LogP contribution in [0.2, 0.25) is 0 Å². The Kier molecular flexibility index (Phi) is 3.52. The van der Waals surface area contributed by atoms with Crippen molar-refractivity contribution in [1.82, 2.24) is 5.32 Å². The van der Waals surface area contributed by atoms with Crippen molar-refractivity contribution in [1.29, 1.82) is 0 Å². The van der Waals surface area contributed by atoms with Crippen LogP contribution in [0.1, 0.15) is 5.56 Å². The predicted molar refractivity (Wildman–Crippen MR) is 61.6 cm³/mol. The maximum atomic E-state index is 12.4. The minimum absolute atomic E-state index is 0.0622. The number of amides is 2. The van der Waals surface area contributed by atoms with Crippen LogP contribution in [0.15, 0.2) is 35.2 Å². The Morgan fingerprint density at radius 2 is 1.79 bits per heavy atom. The van der Waals surface area contributed by atoms with E-state index in [2.05, 4.69) is 4.74 Å². The molecule has 19 heavy (non-hydrogen) atoms. The van der Waals surface area contributed by atoms with Crippen molar-refractivity contribution in [3.8, 4) is 0 Å². The normalized spacial score (nSPS) is 18.3. The summed E-state index contributed by atoms with van der Waals surface area (Å²) < 4.78 is 41.0. The van der Waals surface area contributed by atoms with Crippen LogP contribution in [-0.2, 0) is 9.53 Å². The van der Waals surface area contributed by atoms with Gasteiger partial charge in [0, 0.05) is 5.56 Å². The van der Waals surface area contributed by atoms with Gasteiger partial charge in [0.15, 0.2) is 5.76 Å². The second kappa shape index (κ2) is 4.96. The second-order valence-electron chi connectivity index (χ2n) is 3.42. The molecule has 0 aliphatic carbocycles. The van der Waals surface area contributed by atoms with Gasteiger partial charge in [0.2, 0.25) is 0 Å². The molecule has 0 bridgehead atoms. The highest BCUT2D eigenvalue weighted by Gasteiger charge is 2.38. The number of halogens is 3. The minimum Gasteiger partial charge on any atom is -0.404 e. The molecule has 2 amide bonds. The molecule has 1 aliphatic heterocycles. The largest absolute Gasteiger partial charge is 0.573 e. The highest BCUT2D eigenvalue weighted by atomic mass is 32.2. The number of thioether (sulfide) groups is 1. The standard InChI is InChI=1S/C11H6F3NO3S/c12-11(13,14)18-7(6-4-2-1-3-5-6)8-9(16)15-10(17)19-8/h1-5H,(H,15,16,17). The molecule has 0 atom stereocenters. The Labute approximate surface area is 109 Å². The van der Waals surface area contributed by atoms with Crippen LogP contribution in [0.3, 0.4) is 0 Å². The molecule has 1 aliphatic rings. The monoisotopic (exact) mass is 289 g/mol. The van der Waals surface area contributed by atoms with Gasteiger partial charge < -0.3 is 4.74 Å². The topological polar surface area (TPSA) is 55.4 Å². The average Bonchev–Trinajstić information content (AvgIpc) is 2.65. The van der Waals surface area contributed by atoms with Gasteiger partial charge >= 0.3 is 6.36 Å². The molecule has 2 rings (SSSR count). The molecule has 1 aromatic rings. The lowest BCUT2D eigenvalue weighted by molar-refractivity contribution is -0.290. The molecule has 0 aromatic heterocycles. The first-order chi connectivity index (χ1) is 8.87. The van der Waals surface area contributed by atoms with Crippen LogP contribution in [0.5, 0.6) is 0 Å². The SMILES string of the molecule is O=C1NC(=O)C(=C(OC(F)(F)F)c2ccccc2)S1. The molecule has 1 fully saturated rings. The van der Waals surface area contributed by atoms with E-state index in [1.165, 1.54) is 24.3 Å². The third-order valence-corrected chi connectivity index (χ3v) is 2.94. The zero-order chi connectivity index (χ0) is 14.0. The van der Waals surface area contributed by atoms with Gasteiger partial charge in [-0.2, -0.15) is 0 Å². The smallest absolute Gasteiger partial charge is 0.404 e. The van der Waals surface area contributed by atoms with E-state index in [-0.39, 0.29) is 5.56 Å². The van der Waals surface area contributed by atoms with E-state index in [4.69, 9.17) is 0 Å². The minimum atomic E-state index is -4.95. The molecule has 0 saturated carbocycles. The fraction of sp³-hybridized carbons (Fsp3) is 0.0909. The fourth-order valence-electron chi connectivity index (χ4n) is 1.41. The van der Waals surface area contributed by atoms with Gasteiger partial charge in [0.1, 0.15) is 4.91 Å². The zero-order valence-electron chi connectivity index (χ0n) is 9.15. The Morgan fingerprint density at radius 1 is 1.16 bits per heavy atom. The lowest BCUT2D eigenvalue weighted by Crippen LogP contribution is -2.20. The van der Waals surface area contributed by atoms with Gasteiger partial charge in [0.05, 0.1) is 0 Å². The molecule has 1 saturated heterocycles. The lowest BCUT2D eigenvalue weighted by Gasteiger charge is -2.13. The maximum Gasteiger partial charge on any atom is 0.573 e. The molecule has 100 valence electrons. The van der Waals surface area contributed by atoms with Crippen LogP contribution in [-0.4, -0.2) is 17.5 Å². The van der Waals surface area contributed by atoms with Crippen LogP contribution in [0.25, 0.3) is 5.76 Å². The number of benzene rings is 1. The van der Waals surface area contributed by atoms with Crippen LogP contribution >= 0.6 is 11.8 Å². The summed E-state index contributed by atoms with van der Waals surface area (Å²) in [7, 11) is 0. The molecule has 1 aromatic carbocycles. The first-order valence-electron chi connectivity index (χ1n) is 4.95. The third-order valence-electron chi connectivity index (χ3n) is 2.08. The second-order valence-corrected chi connectivity index (χ2v) is 4.40. The number of hydrogen-bond acceptors (Lipinski definition) is 4. The van der Waals surface area contributed by atoms with E-state index < -0.39 is 28.2 Å². The zero-order valence-corrected chi connectivity index (χ0v) is 9.97. The van der Waals surface area contributed by atoms with Crippen LogP contribution in [0, 0.1) is 0 Å². The third kappa shape index (κ3) is 3.28. The molecule has 1 N–H and O–H groups in total. The van der Waals surface area contributed by atoms with E-state index in [1.54, 1.807) is 6.07 Å². The highest BCUT2D eigenvalue weighted by molar-refractivity contribution is 8.18. The summed E-state index contributed by atoms with van der Waals surface area (Å²) in [6.07, 6.45) is -4.95. The van der Waals surface area contributed by atoms with Gasteiger partial charge in [-0.1, -0.05) is 30.3 Å². The van der Waals surface area contributed by atoms with E-state index in [1.807, 2.05) is 5.32 Å². The van der Waals surface area contributed by atoms with Crippen LogP contribution < -0.4 is 5.32 Å². The maximum absolute atomic E-state index is 12.4. The number of nitrogens with one attached hydrogen (secondary N) is 1. The van der Waals surface area contributed by atoms with Crippen molar-refractivity contribution in [3.63, 3.8) is 0 Å². The molecule has 0 unspecified atom stereocenters. The number of rotatable bonds is 2. The molecular weight excluding hydrogens is 283 g/mol. The summed E-state index contributed by atoms with van der Waals surface area (Å²) in [6.45, 7) is 0. The van der Waals surface area contributed by atoms with Crippen molar-refractivity contribution in [2.45, 2.75) is 6.36 Å². The molecule has 4 nitrogen and oxygen atoms in total. The average molecular weight is 289 g/mol. The summed E-state index contributed by atoms with van der Waals surface area (Å²) in [5.41, 5.74) is 0.0622. The Bertz CT molecular complexity index is 554. The first-order valence-corrected chi connectivity index (χ1v) is 5.77. The molecule has 8 heteroatoms. The van der Waals surface area contributed by atoms with Gasteiger partial charge in [-0.25, -0.2) is 0 Å². The molecular formula is C11H6F3NO3S. The number of carbonyl (C=O) groups is 2. The summed E-state index contributed by atoms with van der Waals surface area (Å²) in [5, 5.41) is 1.15. The summed E-state index contributed by atoms with van der Waals surface area (Å²) in [6, 6.07) is 7.30.